The van der Waals surface area contributed by atoms with E-state index in [1.54, 1.807) is 0 Å². The minimum Gasteiger partial charge on any atom is -0.505 e. The molecule has 1 saturated carbocycles. The maximum Gasteiger partial charge on any atom is 0.147 e. The van der Waals surface area contributed by atoms with Crippen LogP contribution in [-0.2, 0) is 16.2 Å². The van der Waals surface area contributed by atoms with Crippen LogP contribution < -0.4 is 0 Å². The molecule has 0 radical (unpaired) electrons. The van der Waals surface area contributed by atoms with Crippen molar-refractivity contribution in [3.8, 4) is 22.6 Å². The van der Waals surface area contributed by atoms with E-state index >= 15 is 0 Å². The molecule has 2 nitrogen and oxygen atoms in total. The summed E-state index contributed by atoms with van der Waals surface area (Å²) in [6, 6.07) is 27.3. The van der Waals surface area contributed by atoms with Crippen LogP contribution in [0.25, 0.3) is 38.6 Å². The first-order valence-corrected chi connectivity index (χ1v) is 16.9. The molecule has 5 aromatic rings. The Morgan fingerprint density at radius 2 is 1.20 bits per heavy atom. The number of rotatable bonds is 5. The summed E-state index contributed by atoms with van der Waals surface area (Å²) in [5, 5.41) is 14.8. The van der Waals surface area contributed by atoms with Gasteiger partial charge in [-0.25, -0.2) is 0 Å². The van der Waals surface area contributed by atoms with E-state index in [4.69, 9.17) is 0 Å². The van der Waals surface area contributed by atoms with Gasteiger partial charge >= 0.3 is 0 Å². The Morgan fingerprint density at radius 1 is 0.644 bits per heavy atom. The zero-order valence-corrected chi connectivity index (χ0v) is 29.5. The van der Waals surface area contributed by atoms with E-state index in [9.17, 15) is 5.11 Å². The lowest BCUT2D eigenvalue weighted by Gasteiger charge is -2.34. The van der Waals surface area contributed by atoms with Crippen LogP contribution in [0.1, 0.15) is 124 Å². The molecule has 0 unspecified atom stereocenters. The van der Waals surface area contributed by atoms with E-state index in [1.807, 2.05) is 0 Å². The summed E-state index contributed by atoms with van der Waals surface area (Å²) in [6.45, 7) is 25.4. The second-order valence-electron chi connectivity index (χ2n) is 17.7. The number of benzene rings is 4. The predicted octanol–water partition coefficient (Wildman–Crippen LogP) is 12.3. The third-order valence-electron chi connectivity index (χ3n) is 9.83. The second-order valence-corrected chi connectivity index (χ2v) is 17.7. The maximum absolute atomic E-state index is 12.3. The fourth-order valence-electron chi connectivity index (χ4n) is 7.42. The lowest BCUT2D eigenvalue weighted by molar-refractivity contribution is 0.284. The van der Waals surface area contributed by atoms with Gasteiger partial charge in [-0.2, -0.15) is 0 Å². The molecule has 1 N–H and O–H groups in total. The van der Waals surface area contributed by atoms with Crippen molar-refractivity contribution in [1.82, 2.24) is 4.57 Å². The highest BCUT2D eigenvalue weighted by Crippen LogP contribution is 2.47. The number of phenols is 1. The van der Waals surface area contributed by atoms with Crippen LogP contribution in [0.5, 0.6) is 5.75 Å². The molecule has 0 amide bonds. The van der Waals surface area contributed by atoms with E-state index in [0.29, 0.717) is 11.7 Å². The fourth-order valence-corrected chi connectivity index (χ4v) is 7.42. The molecule has 0 aliphatic heterocycles. The van der Waals surface area contributed by atoms with Gasteiger partial charge in [0.15, 0.2) is 0 Å². The van der Waals surface area contributed by atoms with Gasteiger partial charge in [-0.15, -0.1) is 0 Å². The number of fused-ring (bicyclic) bond motifs is 3. The number of hydrogen-bond acceptors (Lipinski definition) is 1. The number of phenolic OH excluding ortho intramolecular Hbond substituents is 1. The number of aromatic nitrogens is 1. The summed E-state index contributed by atoms with van der Waals surface area (Å²) >= 11 is 0. The summed E-state index contributed by atoms with van der Waals surface area (Å²) in [6.07, 6.45) is 3.55. The van der Waals surface area contributed by atoms with Crippen LogP contribution in [0.4, 0.5) is 0 Å². The molecule has 4 aromatic carbocycles. The third-order valence-corrected chi connectivity index (χ3v) is 9.83. The molecule has 236 valence electrons. The van der Waals surface area contributed by atoms with Gasteiger partial charge in [-0.05, 0) is 111 Å². The zero-order valence-electron chi connectivity index (χ0n) is 29.5. The Labute approximate surface area is 271 Å². The molecule has 1 aromatic heterocycles. The van der Waals surface area contributed by atoms with Crippen molar-refractivity contribution in [3.05, 3.63) is 95.1 Å². The summed E-state index contributed by atoms with van der Waals surface area (Å²) < 4.78 is 2.32. The number of aromatic hydroxyl groups is 1. The van der Waals surface area contributed by atoms with Crippen LogP contribution in [0.2, 0.25) is 0 Å². The fraction of sp³-hybridized carbons (Fsp3) is 0.442. The highest BCUT2D eigenvalue weighted by molar-refractivity contribution is 6.10. The first-order chi connectivity index (χ1) is 20.8. The van der Waals surface area contributed by atoms with Gasteiger partial charge in [0, 0.05) is 16.3 Å². The van der Waals surface area contributed by atoms with Gasteiger partial charge in [-0.3, -0.25) is 0 Å². The van der Waals surface area contributed by atoms with E-state index in [1.165, 1.54) is 45.9 Å². The summed E-state index contributed by atoms with van der Waals surface area (Å²) in [5.41, 5.74) is 10.5. The van der Waals surface area contributed by atoms with Crippen molar-refractivity contribution in [3.63, 3.8) is 0 Å². The van der Waals surface area contributed by atoms with Gasteiger partial charge < -0.3 is 9.67 Å². The van der Waals surface area contributed by atoms with E-state index in [2.05, 4.69) is 154 Å². The van der Waals surface area contributed by atoms with E-state index in [0.717, 1.165) is 34.3 Å². The number of nitrogens with zero attached hydrogens (tertiary/aromatic N) is 1. The Bertz CT molecular complexity index is 1840. The second kappa shape index (κ2) is 10.5. The molecule has 1 aliphatic rings. The first kappa shape index (κ1) is 31.5. The molecule has 0 saturated heterocycles. The predicted molar refractivity (Wildman–Crippen MR) is 194 cm³/mol. The average Bonchev–Trinajstić information content (AvgIpc) is 3.73. The largest absolute Gasteiger partial charge is 0.505 e. The molecule has 45 heavy (non-hydrogen) atoms. The minimum absolute atomic E-state index is 0.0308. The molecule has 2 heteroatoms. The average molecular weight is 600 g/mol. The molecule has 6 rings (SSSR count). The first-order valence-electron chi connectivity index (χ1n) is 16.9. The van der Waals surface area contributed by atoms with E-state index in [-0.39, 0.29) is 21.7 Å². The van der Waals surface area contributed by atoms with Crippen molar-refractivity contribution >= 4 is 21.8 Å². The van der Waals surface area contributed by atoms with Crippen molar-refractivity contribution in [2.45, 2.75) is 118 Å². The van der Waals surface area contributed by atoms with Crippen LogP contribution in [0.15, 0.2) is 72.8 Å². The van der Waals surface area contributed by atoms with Crippen molar-refractivity contribution in [2.24, 2.45) is 5.41 Å². The SMILES string of the molecule is CC(C)(C)CC(C)(C)c1cc(-c2cccc(C3CC3)c2)c(O)c(-n2c3ccc(C(C)(C)C)cc3c3cc(C(C)(C)C)ccc32)c1. The summed E-state index contributed by atoms with van der Waals surface area (Å²) in [7, 11) is 0. The van der Waals surface area contributed by atoms with Crippen LogP contribution in [-0.4, -0.2) is 9.67 Å². The minimum atomic E-state index is -0.0961. The van der Waals surface area contributed by atoms with E-state index < -0.39 is 0 Å². The van der Waals surface area contributed by atoms with Gasteiger partial charge in [0.2, 0.25) is 0 Å². The molecule has 1 heterocycles. The lowest BCUT2D eigenvalue weighted by Crippen LogP contribution is -2.25. The van der Waals surface area contributed by atoms with Crippen molar-refractivity contribution < 1.29 is 5.11 Å². The normalized spacial score (nSPS) is 14.9. The zero-order chi connectivity index (χ0) is 32.7. The highest BCUT2D eigenvalue weighted by atomic mass is 16.3. The maximum atomic E-state index is 12.3. The summed E-state index contributed by atoms with van der Waals surface area (Å²) in [5.74, 6) is 0.996. The lowest BCUT2D eigenvalue weighted by atomic mass is 9.71. The van der Waals surface area contributed by atoms with Gasteiger partial charge in [0.1, 0.15) is 5.75 Å². The van der Waals surface area contributed by atoms with Gasteiger partial charge in [0.05, 0.1) is 16.7 Å². The summed E-state index contributed by atoms with van der Waals surface area (Å²) in [4.78, 5) is 0. The monoisotopic (exact) mass is 599 g/mol. The molecular formula is C43H53NO. The molecule has 1 fully saturated rings. The molecule has 1 aliphatic carbocycles. The molecule has 0 spiro atoms. The van der Waals surface area contributed by atoms with Crippen molar-refractivity contribution in [1.29, 1.82) is 0 Å². The smallest absolute Gasteiger partial charge is 0.147 e. The van der Waals surface area contributed by atoms with Crippen molar-refractivity contribution in [2.75, 3.05) is 0 Å². The molecule has 0 atom stereocenters. The quantitative estimate of drug-likeness (QED) is 0.214. The molecular weight excluding hydrogens is 546 g/mol. The Balaban J connectivity index is 1.69. The topological polar surface area (TPSA) is 25.2 Å². The Morgan fingerprint density at radius 3 is 1.69 bits per heavy atom. The van der Waals surface area contributed by atoms with Gasteiger partial charge in [-0.1, -0.05) is 113 Å². The van der Waals surface area contributed by atoms with Crippen LogP contribution >= 0.6 is 0 Å². The standard InChI is InChI=1S/C43H53NO/c1-40(2,3)26-43(10,11)32-24-33(29-14-12-13-28(21-29)27-15-16-27)39(45)38(25-32)44-36-19-17-30(41(4,5)6)22-34(36)35-23-31(42(7,8)9)18-20-37(35)44/h12-14,17-25,27,45H,15-16,26H2,1-11H3. The highest BCUT2D eigenvalue weighted by Gasteiger charge is 2.31. The Hall–Kier alpha value is -3.52. The molecule has 0 bridgehead atoms. The third kappa shape index (κ3) is 6.06. The number of hydrogen-bond donors (Lipinski definition) is 1. The van der Waals surface area contributed by atoms with Crippen LogP contribution in [0.3, 0.4) is 0 Å². The van der Waals surface area contributed by atoms with Gasteiger partial charge in [0.25, 0.3) is 0 Å². The Kier molecular flexibility index (Phi) is 7.35. The van der Waals surface area contributed by atoms with Crippen LogP contribution in [0, 0.1) is 5.41 Å².